The van der Waals surface area contributed by atoms with E-state index in [0.717, 1.165) is 31.6 Å². The van der Waals surface area contributed by atoms with Gasteiger partial charge in [0.05, 0.1) is 5.56 Å². The van der Waals surface area contributed by atoms with Crippen LogP contribution in [0.4, 0.5) is 5.69 Å². The average Bonchev–Trinajstić information content (AvgIpc) is 3.18. The van der Waals surface area contributed by atoms with Gasteiger partial charge in [-0.05, 0) is 43.2 Å². The summed E-state index contributed by atoms with van der Waals surface area (Å²) in [5.74, 6) is -0.694. The minimum absolute atomic E-state index is 0.364. The molecule has 1 saturated carbocycles. The summed E-state index contributed by atoms with van der Waals surface area (Å²) in [4.78, 5) is 14.0. The normalized spacial score (nSPS) is 19.7. The van der Waals surface area contributed by atoms with Crippen molar-refractivity contribution in [3.63, 3.8) is 0 Å². The van der Waals surface area contributed by atoms with Gasteiger partial charge in [-0.15, -0.1) is 0 Å². The Balaban J connectivity index is 1.86. The van der Waals surface area contributed by atoms with Gasteiger partial charge in [-0.2, -0.15) is 8.42 Å². The predicted molar refractivity (Wildman–Crippen MR) is 75.2 cm³/mol. The van der Waals surface area contributed by atoms with Crippen LogP contribution in [0.3, 0.4) is 0 Å². The van der Waals surface area contributed by atoms with Crippen molar-refractivity contribution >= 4 is 22.1 Å². The fraction of sp³-hybridized carbons (Fsp3) is 0.500. The van der Waals surface area contributed by atoms with Gasteiger partial charge in [0.25, 0.3) is 5.91 Å². The third kappa shape index (κ3) is 2.60. The zero-order valence-electron chi connectivity index (χ0n) is 11.1. The molecule has 2 aliphatic rings. The number of amides is 1. The maximum Gasteiger partial charge on any atom is 0.319 e. The molecule has 3 rings (SSSR count). The molecule has 1 aliphatic carbocycles. The molecule has 20 heavy (non-hydrogen) atoms. The number of carbonyl (C=O) groups is 1. The lowest BCUT2D eigenvalue weighted by molar-refractivity contribution is 0.101. The lowest BCUT2D eigenvalue weighted by atomic mass is 9.93. The van der Waals surface area contributed by atoms with Gasteiger partial charge < -0.3 is 4.90 Å². The SMILES string of the molecule is O=C(N=S(=O)=O)c1ccccc1N1CCC2(CC1)CC2. The molecule has 1 aliphatic heterocycles. The second-order valence-electron chi connectivity index (χ2n) is 5.62. The quantitative estimate of drug-likeness (QED) is 0.838. The Hall–Kier alpha value is -1.69. The molecule has 0 unspecified atom stereocenters. The van der Waals surface area contributed by atoms with Crippen LogP contribution in [-0.4, -0.2) is 27.4 Å². The van der Waals surface area contributed by atoms with Crippen molar-refractivity contribution in [2.24, 2.45) is 9.78 Å². The molecule has 0 atom stereocenters. The van der Waals surface area contributed by atoms with E-state index in [0.29, 0.717) is 11.0 Å². The Bertz CT molecular complexity index is 659. The molecule has 1 saturated heterocycles. The first-order chi connectivity index (χ1) is 9.60. The van der Waals surface area contributed by atoms with Gasteiger partial charge in [0.1, 0.15) is 0 Å². The topological polar surface area (TPSA) is 66.8 Å². The van der Waals surface area contributed by atoms with E-state index in [1.165, 1.54) is 12.8 Å². The zero-order chi connectivity index (χ0) is 14.2. The Morgan fingerprint density at radius 2 is 1.75 bits per heavy atom. The van der Waals surface area contributed by atoms with E-state index in [9.17, 15) is 13.2 Å². The first kappa shape index (κ1) is 13.3. The van der Waals surface area contributed by atoms with Gasteiger partial charge in [0.15, 0.2) is 0 Å². The molecule has 5 nitrogen and oxygen atoms in total. The van der Waals surface area contributed by atoms with Crippen molar-refractivity contribution in [3.8, 4) is 0 Å². The minimum atomic E-state index is -2.70. The van der Waals surface area contributed by atoms with Crippen LogP contribution in [0.25, 0.3) is 0 Å². The number of piperidine rings is 1. The predicted octanol–water partition coefficient (Wildman–Crippen LogP) is 2.27. The molecular weight excluding hydrogens is 276 g/mol. The lowest BCUT2D eigenvalue weighted by Gasteiger charge is -2.34. The number of para-hydroxylation sites is 1. The van der Waals surface area contributed by atoms with Crippen molar-refractivity contribution in [1.82, 2.24) is 0 Å². The molecule has 0 aromatic heterocycles. The van der Waals surface area contributed by atoms with Gasteiger partial charge in [0, 0.05) is 18.8 Å². The number of benzene rings is 1. The lowest BCUT2D eigenvalue weighted by Crippen LogP contribution is -2.35. The summed E-state index contributed by atoms with van der Waals surface area (Å²) in [6, 6.07) is 7.09. The first-order valence-corrected chi connectivity index (χ1v) is 7.82. The van der Waals surface area contributed by atoms with Crippen molar-refractivity contribution in [3.05, 3.63) is 29.8 Å². The number of anilines is 1. The van der Waals surface area contributed by atoms with E-state index in [4.69, 9.17) is 0 Å². The van der Waals surface area contributed by atoms with Gasteiger partial charge in [-0.1, -0.05) is 16.5 Å². The largest absolute Gasteiger partial charge is 0.371 e. The molecule has 1 amide bonds. The standard InChI is InChI=1S/C14H16N2O3S/c17-13(15-20(18)19)11-3-1-2-4-12(11)16-9-7-14(5-6-14)8-10-16/h1-4H,5-10H2. The number of hydrogen-bond donors (Lipinski definition) is 0. The summed E-state index contributed by atoms with van der Waals surface area (Å²) >= 11 is 0. The minimum Gasteiger partial charge on any atom is -0.371 e. The number of carbonyl (C=O) groups excluding carboxylic acids is 1. The van der Waals surface area contributed by atoms with Crippen LogP contribution in [0.5, 0.6) is 0 Å². The highest BCUT2D eigenvalue weighted by atomic mass is 32.2. The van der Waals surface area contributed by atoms with E-state index in [2.05, 4.69) is 9.26 Å². The Morgan fingerprint density at radius 1 is 1.10 bits per heavy atom. The summed E-state index contributed by atoms with van der Waals surface area (Å²) in [5.41, 5.74) is 1.72. The van der Waals surface area contributed by atoms with Crippen molar-refractivity contribution < 1.29 is 13.2 Å². The third-order valence-electron chi connectivity index (χ3n) is 4.41. The van der Waals surface area contributed by atoms with Crippen molar-refractivity contribution in [2.75, 3.05) is 18.0 Å². The molecule has 1 aromatic carbocycles. The fourth-order valence-corrected chi connectivity index (χ4v) is 3.18. The van der Waals surface area contributed by atoms with Crippen molar-refractivity contribution in [1.29, 1.82) is 0 Å². The van der Waals surface area contributed by atoms with E-state index >= 15 is 0 Å². The first-order valence-electron chi connectivity index (χ1n) is 6.79. The highest BCUT2D eigenvalue weighted by molar-refractivity contribution is 7.62. The van der Waals surface area contributed by atoms with Crippen LogP contribution >= 0.6 is 0 Å². The Kier molecular flexibility index (Phi) is 3.33. The summed E-state index contributed by atoms with van der Waals surface area (Å²) in [7, 11) is -2.70. The van der Waals surface area contributed by atoms with Gasteiger partial charge in [-0.25, -0.2) is 0 Å². The maximum absolute atomic E-state index is 11.9. The molecule has 0 N–H and O–H groups in total. The second kappa shape index (κ2) is 5.01. The van der Waals surface area contributed by atoms with E-state index in [1.54, 1.807) is 12.1 Å². The second-order valence-corrected chi connectivity index (χ2v) is 6.23. The number of hydrogen-bond acceptors (Lipinski definition) is 4. The summed E-state index contributed by atoms with van der Waals surface area (Å²) in [6.45, 7) is 1.84. The van der Waals surface area contributed by atoms with E-state index in [1.807, 2.05) is 12.1 Å². The Labute approximate surface area is 119 Å². The number of nitrogens with zero attached hydrogens (tertiary/aromatic N) is 2. The fourth-order valence-electron chi connectivity index (χ4n) is 2.95. The molecule has 0 bridgehead atoms. The van der Waals surface area contributed by atoms with Crippen LogP contribution in [0, 0.1) is 5.41 Å². The van der Waals surface area contributed by atoms with Gasteiger partial charge >= 0.3 is 10.5 Å². The summed E-state index contributed by atoms with van der Waals surface area (Å²) in [6.07, 6.45) is 4.96. The molecule has 106 valence electrons. The smallest absolute Gasteiger partial charge is 0.319 e. The molecule has 1 spiro atoms. The zero-order valence-corrected chi connectivity index (χ0v) is 11.9. The molecular formula is C14H16N2O3S. The van der Waals surface area contributed by atoms with Gasteiger partial charge in [-0.3, -0.25) is 4.79 Å². The highest BCUT2D eigenvalue weighted by Crippen LogP contribution is 2.54. The molecule has 1 aromatic rings. The molecule has 0 radical (unpaired) electrons. The highest BCUT2D eigenvalue weighted by Gasteiger charge is 2.44. The van der Waals surface area contributed by atoms with E-state index < -0.39 is 16.4 Å². The average molecular weight is 292 g/mol. The van der Waals surface area contributed by atoms with Crippen LogP contribution in [0.15, 0.2) is 28.6 Å². The molecule has 2 fully saturated rings. The number of rotatable bonds is 2. The van der Waals surface area contributed by atoms with E-state index in [-0.39, 0.29) is 0 Å². The van der Waals surface area contributed by atoms with Gasteiger partial charge in [0.2, 0.25) is 0 Å². The maximum atomic E-state index is 11.9. The van der Waals surface area contributed by atoms with Crippen LogP contribution in [-0.2, 0) is 10.5 Å². The Morgan fingerprint density at radius 3 is 2.35 bits per heavy atom. The molecule has 6 heteroatoms. The monoisotopic (exact) mass is 292 g/mol. The van der Waals surface area contributed by atoms with Crippen molar-refractivity contribution in [2.45, 2.75) is 25.7 Å². The van der Waals surface area contributed by atoms with Crippen LogP contribution in [0.2, 0.25) is 0 Å². The summed E-state index contributed by atoms with van der Waals surface area (Å²) in [5, 5.41) is 0. The van der Waals surface area contributed by atoms with Crippen LogP contribution in [0.1, 0.15) is 36.0 Å². The van der Waals surface area contributed by atoms with Crippen LogP contribution < -0.4 is 4.90 Å². The third-order valence-corrected chi connectivity index (χ3v) is 4.73. The summed E-state index contributed by atoms with van der Waals surface area (Å²) < 4.78 is 24.2. The molecule has 1 heterocycles.